The number of hydrogen-bond donors (Lipinski definition) is 2. The van der Waals surface area contributed by atoms with E-state index in [0.29, 0.717) is 13.0 Å². The number of aromatic nitrogens is 1. The lowest BCUT2D eigenvalue weighted by Crippen LogP contribution is -2.53. The molecule has 1 atom stereocenters. The van der Waals surface area contributed by atoms with E-state index in [2.05, 4.69) is 15.6 Å². The predicted molar refractivity (Wildman–Crippen MR) is 104 cm³/mol. The van der Waals surface area contributed by atoms with Crippen LogP contribution in [0, 0.1) is 0 Å². The van der Waals surface area contributed by atoms with Crippen LogP contribution in [0.1, 0.15) is 12.0 Å². The molecule has 0 radical (unpaired) electrons. The Kier molecular flexibility index (Phi) is 6.91. The summed E-state index contributed by atoms with van der Waals surface area (Å²) in [6.45, 7) is 0.666. The number of carbonyl (C=O) groups excluding carboxylic acids is 2. The molecule has 10 heteroatoms. The van der Waals surface area contributed by atoms with Crippen LogP contribution in [-0.2, 0) is 30.9 Å². The van der Waals surface area contributed by atoms with Crippen molar-refractivity contribution in [3.63, 3.8) is 0 Å². The molecule has 2 N–H and O–H groups in total. The van der Waals surface area contributed by atoms with Crippen molar-refractivity contribution in [1.29, 1.82) is 0 Å². The molecule has 29 heavy (non-hydrogen) atoms. The Bertz CT molecular complexity index is 938. The highest BCUT2D eigenvalue weighted by Gasteiger charge is 2.34. The van der Waals surface area contributed by atoms with E-state index in [0.717, 1.165) is 5.56 Å². The molecule has 3 rings (SSSR count). The molecule has 154 valence electrons. The zero-order valence-corrected chi connectivity index (χ0v) is 16.5. The molecule has 1 aromatic heterocycles. The molecular weight excluding hydrogens is 396 g/mol. The molecule has 2 aromatic rings. The smallest absolute Gasteiger partial charge is 0.309 e. The number of sulfonamides is 1. The number of carbonyl (C=O) groups is 2. The molecule has 0 spiro atoms. The molecule has 2 amide bonds. The number of benzene rings is 1. The fraction of sp³-hybridized carbons (Fsp3) is 0.316. The van der Waals surface area contributed by atoms with E-state index >= 15 is 0 Å². The molecule has 0 bridgehead atoms. The van der Waals surface area contributed by atoms with Gasteiger partial charge in [-0.25, -0.2) is 8.42 Å². The van der Waals surface area contributed by atoms with Crippen molar-refractivity contribution in [2.24, 2.45) is 0 Å². The van der Waals surface area contributed by atoms with Crippen LogP contribution < -0.4 is 10.6 Å². The number of nitrogens with zero attached hydrogens (tertiary/aromatic N) is 2. The van der Waals surface area contributed by atoms with Crippen LogP contribution in [0.4, 0.5) is 0 Å². The number of hydrogen-bond acceptors (Lipinski definition) is 6. The van der Waals surface area contributed by atoms with Crippen molar-refractivity contribution in [2.75, 3.05) is 19.7 Å². The second-order valence-electron chi connectivity index (χ2n) is 6.36. The van der Waals surface area contributed by atoms with E-state index in [-0.39, 0.29) is 24.5 Å². The van der Waals surface area contributed by atoms with Crippen molar-refractivity contribution in [3.05, 3.63) is 60.4 Å². The lowest BCUT2D eigenvalue weighted by molar-refractivity contribution is -0.140. The molecule has 2 heterocycles. The summed E-state index contributed by atoms with van der Waals surface area (Å²) in [4.78, 5) is 28.1. The van der Waals surface area contributed by atoms with Crippen molar-refractivity contribution in [3.8, 4) is 0 Å². The molecule has 1 aliphatic rings. The minimum atomic E-state index is -3.78. The summed E-state index contributed by atoms with van der Waals surface area (Å²) in [6.07, 6.45) is 2.85. The SMILES string of the molecule is O=C(NCc1cccnc1)C(=O)NC[C@H]1OCCCN1S(=O)(=O)c1ccccc1. The number of pyridine rings is 1. The summed E-state index contributed by atoms with van der Waals surface area (Å²) in [7, 11) is -3.78. The van der Waals surface area contributed by atoms with E-state index in [1.54, 1.807) is 42.7 Å². The van der Waals surface area contributed by atoms with E-state index in [1.807, 2.05) is 0 Å². The monoisotopic (exact) mass is 418 g/mol. The lowest BCUT2D eigenvalue weighted by atomic mass is 10.3. The van der Waals surface area contributed by atoms with Gasteiger partial charge in [0, 0.05) is 25.5 Å². The van der Waals surface area contributed by atoms with Crippen LogP contribution in [-0.4, -0.2) is 55.4 Å². The lowest BCUT2D eigenvalue weighted by Gasteiger charge is -2.34. The first kappa shape index (κ1) is 20.9. The second kappa shape index (κ2) is 9.59. The van der Waals surface area contributed by atoms with E-state index in [9.17, 15) is 18.0 Å². The standard InChI is InChI=1S/C19H22N4O5S/c24-18(21-13-15-6-4-9-20-12-15)19(25)22-14-17-23(10-5-11-28-17)29(26,27)16-7-2-1-3-8-16/h1-4,6-9,12,17H,5,10-11,13-14H2,(H,21,24)(H,22,25)/t17-/m1/s1. The third kappa shape index (κ3) is 5.37. The molecule has 0 aliphatic carbocycles. The minimum Gasteiger partial charge on any atom is -0.360 e. The summed E-state index contributed by atoms with van der Waals surface area (Å²) >= 11 is 0. The van der Waals surface area contributed by atoms with Gasteiger partial charge >= 0.3 is 11.8 Å². The van der Waals surface area contributed by atoms with Gasteiger partial charge in [0.2, 0.25) is 10.0 Å². The molecule has 1 saturated heterocycles. The maximum Gasteiger partial charge on any atom is 0.309 e. The second-order valence-corrected chi connectivity index (χ2v) is 8.25. The summed E-state index contributed by atoms with van der Waals surface area (Å²) in [5.74, 6) is -1.68. The number of amides is 2. The highest BCUT2D eigenvalue weighted by atomic mass is 32.2. The third-order valence-electron chi connectivity index (χ3n) is 4.32. The van der Waals surface area contributed by atoms with Crippen molar-refractivity contribution in [1.82, 2.24) is 19.9 Å². The van der Waals surface area contributed by atoms with Gasteiger partial charge in [-0.1, -0.05) is 24.3 Å². The highest BCUT2D eigenvalue weighted by molar-refractivity contribution is 7.89. The van der Waals surface area contributed by atoms with Gasteiger partial charge in [-0.15, -0.1) is 0 Å². The zero-order valence-electron chi connectivity index (χ0n) is 15.7. The minimum absolute atomic E-state index is 0.134. The van der Waals surface area contributed by atoms with Crippen molar-refractivity contribution < 1.29 is 22.7 Å². The normalized spacial score (nSPS) is 17.4. The molecule has 1 aromatic carbocycles. The summed E-state index contributed by atoms with van der Waals surface area (Å²) in [5, 5.41) is 4.93. The fourth-order valence-electron chi connectivity index (χ4n) is 2.86. The van der Waals surface area contributed by atoms with Gasteiger partial charge in [0.15, 0.2) is 0 Å². The van der Waals surface area contributed by atoms with Gasteiger partial charge < -0.3 is 15.4 Å². The zero-order chi connectivity index (χ0) is 20.7. The van der Waals surface area contributed by atoms with Gasteiger partial charge in [-0.3, -0.25) is 14.6 Å². The maximum atomic E-state index is 12.9. The molecule has 1 fully saturated rings. The predicted octanol–water partition coefficient (Wildman–Crippen LogP) is 0.251. The van der Waals surface area contributed by atoms with Gasteiger partial charge in [0.05, 0.1) is 18.0 Å². The first-order valence-electron chi connectivity index (χ1n) is 9.12. The number of ether oxygens (including phenoxy) is 1. The van der Waals surface area contributed by atoms with Gasteiger partial charge in [0.25, 0.3) is 0 Å². The fourth-order valence-corrected chi connectivity index (χ4v) is 4.44. The Labute approximate surface area is 169 Å². The molecule has 0 saturated carbocycles. The van der Waals surface area contributed by atoms with E-state index < -0.39 is 28.1 Å². The first-order valence-corrected chi connectivity index (χ1v) is 10.6. The molecule has 9 nitrogen and oxygen atoms in total. The van der Waals surface area contributed by atoms with Crippen LogP contribution in [0.25, 0.3) is 0 Å². The summed E-state index contributed by atoms with van der Waals surface area (Å²) in [5.41, 5.74) is 0.754. The topological polar surface area (TPSA) is 118 Å². The van der Waals surface area contributed by atoms with Crippen LogP contribution in [0.3, 0.4) is 0 Å². The Hall–Kier alpha value is -2.82. The largest absolute Gasteiger partial charge is 0.360 e. The first-order chi connectivity index (χ1) is 14.0. The van der Waals surface area contributed by atoms with Crippen LogP contribution in [0.2, 0.25) is 0 Å². The van der Waals surface area contributed by atoms with Crippen molar-refractivity contribution in [2.45, 2.75) is 24.1 Å². The van der Waals surface area contributed by atoms with Gasteiger partial charge in [-0.2, -0.15) is 4.31 Å². The Morgan fingerprint density at radius 1 is 1.10 bits per heavy atom. The summed E-state index contributed by atoms with van der Waals surface area (Å²) < 4.78 is 32.5. The highest BCUT2D eigenvalue weighted by Crippen LogP contribution is 2.21. The van der Waals surface area contributed by atoms with E-state index in [4.69, 9.17) is 4.74 Å². The van der Waals surface area contributed by atoms with Crippen LogP contribution in [0.15, 0.2) is 59.8 Å². The number of nitrogens with one attached hydrogen (secondary N) is 2. The Morgan fingerprint density at radius 2 is 1.86 bits per heavy atom. The van der Waals surface area contributed by atoms with Crippen molar-refractivity contribution >= 4 is 21.8 Å². The van der Waals surface area contributed by atoms with E-state index in [1.165, 1.54) is 16.4 Å². The van der Waals surface area contributed by atoms with Crippen LogP contribution in [0.5, 0.6) is 0 Å². The molecule has 1 aliphatic heterocycles. The average Bonchev–Trinajstić information content (AvgIpc) is 2.77. The average molecular weight is 418 g/mol. The number of rotatable bonds is 6. The molecular formula is C19H22N4O5S. The molecule has 0 unspecified atom stereocenters. The van der Waals surface area contributed by atoms with Gasteiger partial charge in [-0.05, 0) is 30.2 Å². The Morgan fingerprint density at radius 3 is 2.59 bits per heavy atom. The van der Waals surface area contributed by atoms with Gasteiger partial charge in [0.1, 0.15) is 6.23 Å². The maximum absolute atomic E-state index is 12.9. The quantitative estimate of drug-likeness (QED) is 0.650. The van der Waals surface area contributed by atoms with Crippen LogP contribution >= 0.6 is 0 Å². The third-order valence-corrected chi connectivity index (χ3v) is 6.23. The summed E-state index contributed by atoms with van der Waals surface area (Å²) in [6, 6.07) is 11.5. The Balaban J connectivity index is 1.57.